The van der Waals surface area contributed by atoms with Crippen LogP contribution in [0, 0.1) is 5.41 Å². The van der Waals surface area contributed by atoms with Crippen molar-refractivity contribution in [2.24, 2.45) is 11.1 Å². The number of hydrogen-bond donors (Lipinski definition) is 1. The molecule has 7 heteroatoms. The topological polar surface area (TPSA) is 92.9 Å². The van der Waals surface area contributed by atoms with Crippen molar-refractivity contribution in [3.05, 3.63) is 96.1 Å². The van der Waals surface area contributed by atoms with Crippen molar-refractivity contribution in [1.82, 2.24) is 9.80 Å². The summed E-state index contributed by atoms with van der Waals surface area (Å²) >= 11 is 0. The lowest BCUT2D eigenvalue weighted by Gasteiger charge is -2.42. The Morgan fingerprint density at radius 1 is 0.977 bits per heavy atom. The minimum Gasteiger partial charge on any atom is -0.466 e. The van der Waals surface area contributed by atoms with Gasteiger partial charge < -0.3 is 20.3 Å². The van der Waals surface area contributed by atoms with Gasteiger partial charge in [-0.1, -0.05) is 86.3 Å². The van der Waals surface area contributed by atoms with Crippen LogP contribution < -0.4 is 5.73 Å². The number of esters is 1. The molecule has 1 fully saturated rings. The van der Waals surface area contributed by atoms with E-state index in [1.54, 1.807) is 13.1 Å². The lowest BCUT2D eigenvalue weighted by atomic mass is 9.73. The lowest BCUT2D eigenvalue weighted by Crippen LogP contribution is -2.54. The molecule has 7 nitrogen and oxygen atoms in total. The Morgan fingerprint density at radius 3 is 2.25 bits per heavy atom. The Hall–Kier alpha value is -3.97. The second kappa shape index (κ2) is 15.2. The molecule has 4 rings (SSSR count). The van der Waals surface area contributed by atoms with Crippen LogP contribution in [0.3, 0.4) is 0 Å². The van der Waals surface area contributed by atoms with Crippen molar-refractivity contribution in [1.29, 1.82) is 0 Å². The molecule has 1 aliphatic heterocycles. The number of benzene rings is 3. The van der Waals surface area contributed by atoms with Crippen LogP contribution in [0.4, 0.5) is 0 Å². The first-order chi connectivity index (χ1) is 20.5. The molecule has 1 aliphatic rings. The predicted molar refractivity (Wildman–Crippen MR) is 178 cm³/mol. The number of nitrogens with zero attached hydrogens (tertiary/aromatic N) is 2. The number of likely N-dealkylation sites (N-methyl/N-ethyl adjacent to an activating group) is 1. The molecule has 3 aromatic rings. The first kappa shape index (κ1) is 34.5. The van der Waals surface area contributed by atoms with Gasteiger partial charge in [-0.15, -0.1) is 0 Å². The molecule has 44 heavy (non-hydrogen) atoms. The molecule has 0 radical (unpaired) electrons. The van der Waals surface area contributed by atoms with Gasteiger partial charge >= 0.3 is 5.97 Å². The fraction of sp³-hybridized carbons (Fsp3) is 0.432. The minimum absolute atomic E-state index is 0. The molecule has 0 bridgehead atoms. The average molecular weight is 600 g/mol. The van der Waals surface area contributed by atoms with Crippen LogP contribution >= 0.6 is 0 Å². The Bertz CT molecular complexity index is 1440. The number of amides is 2. The van der Waals surface area contributed by atoms with Gasteiger partial charge in [0.1, 0.15) is 6.04 Å². The van der Waals surface area contributed by atoms with Gasteiger partial charge in [0, 0.05) is 32.1 Å². The number of nitrogens with two attached hydrogens (primary N) is 1. The fourth-order valence-corrected chi connectivity index (χ4v) is 5.80. The number of ether oxygens (including phenoxy) is 1. The first-order valence-electron chi connectivity index (χ1n) is 15.2. The third-order valence-electron chi connectivity index (χ3n) is 8.37. The quantitative estimate of drug-likeness (QED) is 0.217. The van der Waals surface area contributed by atoms with E-state index >= 15 is 0 Å². The summed E-state index contributed by atoms with van der Waals surface area (Å²) in [4.78, 5) is 44.1. The third-order valence-corrected chi connectivity index (χ3v) is 8.37. The summed E-state index contributed by atoms with van der Waals surface area (Å²) in [6.07, 6.45) is 5.77. The number of rotatable bonds is 11. The van der Waals surface area contributed by atoms with Gasteiger partial charge in [-0.2, -0.15) is 0 Å². The van der Waals surface area contributed by atoms with E-state index in [4.69, 9.17) is 10.5 Å². The van der Waals surface area contributed by atoms with Crippen molar-refractivity contribution >= 4 is 28.6 Å². The van der Waals surface area contributed by atoms with Crippen molar-refractivity contribution in [2.75, 3.05) is 26.7 Å². The highest BCUT2D eigenvalue weighted by Crippen LogP contribution is 2.37. The third kappa shape index (κ3) is 8.79. The maximum Gasteiger partial charge on any atom is 0.312 e. The lowest BCUT2D eigenvalue weighted by molar-refractivity contribution is -0.161. The molecule has 2 amide bonds. The highest BCUT2D eigenvalue weighted by molar-refractivity contribution is 5.93. The molecule has 0 aliphatic carbocycles. The van der Waals surface area contributed by atoms with E-state index in [0.29, 0.717) is 51.8 Å². The van der Waals surface area contributed by atoms with Gasteiger partial charge in [0.2, 0.25) is 11.8 Å². The van der Waals surface area contributed by atoms with Gasteiger partial charge in [-0.05, 0) is 74.4 Å². The van der Waals surface area contributed by atoms with Gasteiger partial charge in [-0.25, -0.2) is 0 Å². The molecule has 3 aromatic carbocycles. The summed E-state index contributed by atoms with van der Waals surface area (Å²) in [5.41, 5.74) is 7.01. The van der Waals surface area contributed by atoms with Crippen molar-refractivity contribution in [2.45, 2.75) is 71.9 Å². The van der Waals surface area contributed by atoms with Gasteiger partial charge in [0.15, 0.2) is 0 Å². The van der Waals surface area contributed by atoms with Crippen LogP contribution in [0.1, 0.15) is 58.6 Å². The average Bonchev–Trinajstić information content (AvgIpc) is 2.99. The molecule has 0 unspecified atom stereocenters. The number of carbonyl (C=O) groups is 3. The zero-order valence-electron chi connectivity index (χ0n) is 25.9. The molecule has 0 spiro atoms. The summed E-state index contributed by atoms with van der Waals surface area (Å²) in [5, 5.41) is 2.21. The molecule has 236 valence electrons. The number of fused-ring (bicyclic) bond motifs is 1. The molecule has 0 aromatic heterocycles. The molecule has 1 atom stereocenters. The monoisotopic (exact) mass is 599 g/mol. The standard InChI is InChI=1S/C36H45N3O4.CH4/c1-5-43-34(42)36(26-27-12-7-6-8-13-27)20-22-39(23-21-36)33(41)31(38(4)32(40)16-11-19-35(2,3)37)25-28-17-18-29-14-9-10-15-30(29)24-28;/h6-18,24,31H,5,19-23,25-26,37H2,1-4H3;1H4/b16-11+;/t31-;/m1./s1. The molecule has 1 heterocycles. The largest absolute Gasteiger partial charge is 0.466 e. The highest BCUT2D eigenvalue weighted by atomic mass is 16.5. The van der Waals surface area contributed by atoms with Gasteiger partial charge in [-0.3, -0.25) is 14.4 Å². The second-order valence-electron chi connectivity index (χ2n) is 12.4. The smallest absolute Gasteiger partial charge is 0.312 e. The van der Waals surface area contributed by atoms with Crippen molar-refractivity contribution in [3.63, 3.8) is 0 Å². The summed E-state index contributed by atoms with van der Waals surface area (Å²) in [6.45, 7) is 6.77. The maximum atomic E-state index is 14.2. The Balaban J connectivity index is 0.00000529. The normalized spacial score (nSPS) is 15.4. The van der Waals surface area contributed by atoms with E-state index in [1.807, 2.05) is 80.3 Å². The van der Waals surface area contributed by atoms with Gasteiger partial charge in [0.05, 0.1) is 12.0 Å². The Labute approximate surface area is 263 Å². The van der Waals surface area contributed by atoms with E-state index in [0.717, 1.165) is 21.9 Å². The number of carbonyl (C=O) groups excluding carboxylic acids is 3. The van der Waals surface area contributed by atoms with E-state index in [9.17, 15) is 14.4 Å². The fourth-order valence-electron chi connectivity index (χ4n) is 5.80. The zero-order chi connectivity index (χ0) is 31.0. The summed E-state index contributed by atoms with van der Waals surface area (Å²) < 4.78 is 5.53. The second-order valence-corrected chi connectivity index (χ2v) is 12.4. The summed E-state index contributed by atoms with van der Waals surface area (Å²) in [7, 11) is 1.69. The Morgan fingerprint density at radius 2 is 1.61 bits per heavy atom. The Kier molecular flexibility index (Phi) is 11.9. The SMILES string of the molecule is C.CCOC(=O)C1(Cc2ccccc2)CCN(C(=O)[C@@H](Cc2ccc3ccccc3c2)N(C)C(=O)/C=C/CC(C)(C)N)CC1. The van der Waals surface area contributed by atoms with Crippen molar-refractivity contribution in [3.8, 4) is 0 Å². The van der Waals surface area contributed by atoms with E-state index in [2.05, 4.69) is 18.2 Å². The zero-order valence-corrected chi connectivity index (χ0v) is 25.9. The van der Waals surface area contributed by atoms with E-state index in [-0.39, 0.29) is 25.2 Å². The highest BCUT2D eigenvalue weighted by Gasteiger charge is 2.44. The first-order valence-corrected chi connectivity index (χ1v) is 15.2. The van der Waals surface area contributed by atoms with Crippen LogP contribution in [0.25, 0.3) is 10.8 Å². The van der Waals surface area contributed by atoms with Crippen LogP contribution in [0.15, 0.2) is 84.9 Å². The predicted octanol–water partition coefficient (Wildman–Crippen LogP) is 5.94. The molecule has 1 saturated heterocycles. The molecular formula is C37H49N3O4. The van der Waals surface area contributed by atoms with E-state index in [1.165, 1.54) is 11.0 Å². The van der Waals surface area contributed by atoms with E-state index < -0.39 is 17.0 Å². The maximum absolute atomic E-state index is 14.2. The molecule has 2 N–H and O–H groups in total. The van der Waals surface area contributed by atoms with Crippen LogP contribution in [-0.4, -0.2) is 65.9 Å². The molecule has 0 saturated carbocycles. The number of piperidine rings is 1. The van der Waals surface area contributed by atoms with Crippen molar-refractivity contribution < 1.29 is 19.1 Å². The van der Waals surface area contributed by atoms with Crippen LogP contribution in [-0.2, 0) is 32.0 Å². The van der Waals surface area contributed by atoms with Crippen LogP contribution in [0.5, 0.6) is 0 Å². The van der Waals surface area contributed by atoms with Gasteiger partial charge in [0.25, 0.3) is 0 Å². The summed E-state index contributed by atoms with van der Waals surface area (Å²) in [6, 6.07) is 23.5. The number of likely N-dealkylation sites (tertiary alicyclic amines) is 1. The summed E-state index contributed by atoms with van der Waals surface area (Å²) in [5.74, 6) is -0.571. The minimum atomic E-state index is -0.701. The molecular weight excluding hydrogens is 550 g/mol. The van der Waals surface area contributed by atoms with Crippen LogP contribution in [0.2, 0.25) is 0 Å². The number of hydrogen-bond acceptors (Lipinski definition) is 5.